The van der Waals surface area contributed by atoms with Crippen molar-refractivity contribution in [3.8, 4) is 0 Å². The zero-order valence-electron chi connectivity index (χ0n) is 13.8. The summed E-state index contributed by atoms with van der Waals surface area (Å²) in [6.45, 7) is 5.32. The Morgan fingerprint density at radius 2 is 1.88 bits per heavy atom. The van der Waals surface area contributed by atoms with Crippen molar-refractivity contribution in [3.63, 3.8) is 0 Å². The zero-order valence-corrected chi connectivity index (χ0v) is 13.8. The molecule has 0 unspecified atom stereocenters. The van der Waals surface area contributed by atoms with Crippen molar-refractivity contribution in [1.29, 1.82) is 0 Å². The van der Waals surface area contributed by atoms with Gasteiger partial charge in [0.2, 0.25) is 5.82 Å². The summed E-state index contributed by atoms with van der Waals surface area (Å²) in [6.07, 6.45) is 0.721. The molecule has 0 bridgehead atoms. The lowest BCUT2D eigenvalue weighted by Crippen LogP contribution is -2.37. The minimum Gasteiger partial charge on any atom is -0.443 e. The topological polar surface area (TPSA) is 85.6 Å². The summed E-state index contributed by atoms with van der Waals surface area (Å²) in [7, 11) is 0. The van der Waals surface area contributed by atoms with Gasteiger partial charge in [-0.25, -0.2) is 9.78 Å². The third-order valence-electron chi connectivity index (χ3n) is 3.02. The lowest BCUT2D eigenvalue weighted by atomic mass is 10.2. The Hall–Kier alpha value is -2.96. The maximum absolute atomic E-state index is 12.6. The summed E-state index contributed by atoms with van der Waals surface area (Å²) in [5, 5.41) is 11.3. The maximum atomic E-state index is 12.6. The van der Waals surface area contributed by atoms with Crippen molar-refractivity contribution in [2.24, 2.45) is 0 Å². The molecule has 2 rings (SSSR count). The van der Waals surface area contributed by atoms with E-state index in [1.165, 1.54) is 23.2 Å². The third kappa shape index (κ3) is 4.52. The Labute approximate surface area is 140 Å². The van der Waals surface area contributed by atoms with Gasteiger partial charge >= 0.3 is 11.8 Å². The van der Waals surface area contributed by atoms with Crippen molar-refractivity contribution < 1.29 is 14.5 Å². The number of anilines is 1. The van der Waals surface area contributed by atoms with Crippen LogP contribution in [0.25, 0.3) is 0 Å². The van der Waals surface area contributed by atoms with Gasteiger partial charge in [0.25, 0.3) is 0 Å². The standard InChI is InChI=1S/C17H19N3O4/c1-17(2,3)24-16(21)19(12-13-8-5-4-6-9-13)15-14(20(22)23)10-7-11-18-15/h4-11H,12H2,1-3H3. The number of carbonyl (C=O) groups is 1. The van der Waals surface area contributed by atoms with Crippen LogP contribution in [0.3, 0.4) is 0 Å². The predicted octanol–water partition coefficient (Wildman–Crippen LogP) is 3.93. The third-order valence-corrected chi connectivity index (χ3v) is 3.02. The molecule has 1 aromatic heterocycles. The van der Waals surface area contributed by atoms with Crippen LogP contribution >= 0.6 is 0 Å². The van der Waals surface area contributed by atoms with E-state index >= 15 is 0 Å². The van der Waals surface area contributed by atoms with E-state index in [9.17, 15) is 14.9 Å². The first-order valence-electron chi connectivity index (χ1n) is 7.42. The van der Waals surface area contributed by atoms with Gasteiger partial charge in [0.05, 0.1) is 11.5 Å². The Morgan fingerprint density at radius 3 is 2.46 bits per heavy atom. The van der Waals surface area contributed by atoms with E-state index in [0.717, 1.165) is 5.56 Å². The van der Waals surface area contributed by atoms with Crippen molar-refractivity contribution in [2.75, 3.05) is 4.90 Å². The highest BCUT2D eigenvalue weighted by Crippen LogP contribution is 2.28. The molecule has 1 aromatic carbocycles. The SMILES string of the molecule is CC(C)(C)OC(=O)N(Cc1ccccc1)c1ncccc1[N+](=O)[O-]. The van der Waals surface area contributed by atoms with Gasteiger partial charge in [0, 0.05) is 12.3 Å². The van der Waals surface area contributed by atoms with Crippen LogP contribution in [0.1, 0.15) is 26.3 Å². The average Bonchev–Trinajstić information content (AvgIpc) is 2.52. The summed E-state index contributed by atoms with van der Waals surface area (Å²) in [6, 6.07) is 11.9. The number of aromatic nitrogens is 1. The highest BCUT2D eigenvalue weighted by atomic mass is 16.6. The maximum Gasteiger partial charge on any atom is 0.416 e. The van der Waals surface area contributed by atoms with Crippen LogP contribution in [0.2, 0.25) is 0 Å². The van der Waals surface area contributed by atoms with Gasteiger partial charge in [-0.2, -0.15) is 0 Å². The molecule has 1 heterocycles. The molecule has 7 heteroatoms. The first kappa shape index (κ1) is 17.4. The van der Waals surface area contributed by atoms with Gasteiger partial charge in [0.15, 0.2) is 0 Å². The van der Waals surface area contributed by atoms with Gasteiger partial charge in [-0.1, -0.05) is 30.3 Å². The number of hydrogen-bond donors (Lipinski definition) is 0. The smallest absolute Gasteiger partial charge is 0.416 e. The van der Waals surface area contributed by atoms with Crippen molar-refractivity contribution in [3.05, 3.63) is 64.3 Å². The molecule has 0 fully saturated rings. The number of carbonyl (C=O) groups excluding carboxylic acids is 1. The number of hydrogen-bond acceptors (Lipinski definition) is 5. The molecule has 7 nitrogen and oxygen atoms in total. The second-order valence-corrected chi connectivity index (χ2v) is 6.16. The number of pyridine rings is 1. The predicted molar refractivity (Wildman–Crippen MR) is 89.8 cm³/mol. The van der Waals surface area contributed by atoms with Crippen LogP contribution in [0.5, 0.6) is 0 Å². The largest absolute Gasteiger partial charge is 0.443 e. The first-order valence-corrected chi connectivity index (χ1v) is 7.42. The van der Waals surface area contributed by atoms with Gasteiger partial charge in [-0.15, -0.1) is 0 Å². The monoisotopic (exact) mass is 329 g/mol. The fourth-order valence-electron chi connectivity index (χ4n) is 2.05. The van der Waals surface area contributed by atoms with Crippen molar-refractivity contribution in [1.82, 2.24) is 4.98 Å². The van der Waals surface area contributed by atoms with E-state index < -0.39 is 16.6 Å². The van der Waals surface area contributed by atoms with Crippen LogP contribution in [0.15, 0.2) is 48.7 Å². The first-order chi connectivity index (χ1) is 11.3. The molecule has 0 spiro atoms. The molecule has 0 radical (unpaired) electrons. The number of ether oxygens (including phenoxy) is 1. The molecule has 0 saturated heterocycles. The Balaban J connectivity index is 2.43. The van der Waals surface area contributed by atoms with E-state index in [1.54, 1.807) is 20.8 Å². The van der Waals surface area contributed by atoms with Crippen LogP contribution < -0.4 is 4.90 Å². The number of amides is 1. The van der Waals surface area contributed by atoms with Crippen LogP contribution in [0, 0.1) is 10.1 Å². The van der Waals surface area contributed by atoms with E-state index in [0.29, 0.717) is 0 Å². The average molecular weight is 329 g/mol. The normalized spacial score (nSPS) is 11.0. The molecule has 126 valence electrons. The Morgan fingerprint density at radius 1 is 1.21 bits per heavy atom. The minimum atomic E-state index is -0.727. The highest BCUT2D eigenvalue weighted by Gasteiger charge is 2.29. The van der Waals surface area contributed by atoms with E-state index in [-0.39, 0.29) is 18.1 Å². The summed E-state index contributed by atoms with van der Waals surface area (Å²) in [5.74, 6) is -0.0411. The van der Waals surface area contributed by atoms with Crippen molar-refractivity contribution >= 4 is 17.6 Å². The fourth-order valence-corrected chi connectivity index (χ4v) is 2.05. The quantitative estimate of drug-likeness (QED) is 0.626. The second kappa shape index (κ2) is 7.08. The molecule has 0 atom stereocenters. The molecule has 0 aliphatic carbocycles. The number of nitrogens with zero attached hydrogens (tertiary/aromatic N) is 3. The molecule has 0 N–H and O–H groups in total. The van der Waals surface area contributed by atoms with Crippen LogP contribution in [-0.2, 0) is 11.3 Å². The van der Waals surface area contributed by atoms with Gasteiger partial charge in [-0.3, -0.25) is 15.0 Å². The van der Waals surface area contributed by atoms with Crippen LogP contribution in [0.4, 0.5) is 16.3 Å². The molecular formula is C17H19N3O4. The summed E-state index contributed by atoms with van der Waals surface area (Å²) >= 11 is 0. The van der Waals surface area contributed by atoms with Gasteiger partial charge < -0.3 is 4.74 Å². The fraction of sp³-hybridized carbons (Fsp3) is 0.294. The number of benzene rings is 1. The summed E-state index contributed by atoms with van der Waals surface area (Å²) in [5.41, 5.74) is -0.169. The molecule has 0 aliphatic rings. The Bertz CT molecular complexity index is 726. The number of rotatable bonds is 4. The zero-order chi connectivity index (χ0) is 17.7. The van der Waals surface area contributed by atoms with E-state index in [1.807, 2.05) is 30.3 Å². The summed E-state index contributed by atoms with van der Waals surface area (Å²) in [4.78, 5) is 28.5. The summed E-state index contributed by atoms with van der Waals surface area (Å²) < 4.78 is 5.39. The second-order valence-electron chi connectivity index (χ2n) is 6.16. The van der Waals surface area contributed by atoms with Crippen LogP contribution in [-0.4, -0.2) is 21.6 Å². The molecular weight excluding hydrogens is 310 g/mol. The van der Waals surface area contributed by atoms with E-state index in [4.69, 9.17) is 4.74 Å². The lowest BCUT2D eigenvalue weighted by molar-refractivity contribution is -0.384. The van der Waals surface area contributed by atoms with Gasteiger partial charge in [0.1, 0.15) is 5.60 Å². The van der Waals surface area contributed by atoms with Crippen molar-refractivity contribution in [2.45, 2.75) is 32.9 Å². The molecule has 0 aliphatic heterocycles. The Kier molecular flexibility index (Phi) is 5.13. The molecule has 24 heavy (non-hydrogen) atoms. The minimum absolute atomic E-state index is 0.0411. The number of nitro groups is 1. The van der Waals surface area contributed by atoms with E-state index in [2.05, 4.69) is 4.98 Å². The lowest BCUT2D eigenvalue weighted by Gasteiger charge is -2.26. The molecule has 1 amide bonds. The molecule has 2 aromatic rings. The molecule has 0 saturated carbocycles. The highest BCUT2D eigenvalue weighted by molar-refractivity contribution is 5.89. The van der Waals surface area contributed by atoms with Gasteiger partial charge in [-0.05, 0) is 32.4 Å².